The fraction of sp³-hybridized carbons (Fsp3) is 0.216. The summed E-state index contributed by atoms with van der Waals surface area (Å²) in [7, 11) is -1.17. The lowest BCUT2D eigenvalue weighted by Gasteiger charge is -2.30. The van der Waals surface area contributed by atoms with Crippen molar-refractivity contribution in [2.45, 2.75) is 30.6 Å². The highest BCUT2D eigenvalue weighted by Gasteiger charge is 2.33. The highest BCUT2D eigenvalue weighted by molar-refractivity contribution is 7.89. The lowest BCUT2D eigenvalue weighted by Crippen LogP contribution is -2.49. The fourth-order valence-corrected chi connectivity index (χ4v) is 6.45. The van der Waals surface area contributed by atoms with Crippen molar-refractivity contribution in [3.63, 3.8) is 0 Å². The van der Waals surface area contributed by atoms with E-state index in [0.29, 0.717) is 17.0 Å². The van der Waals surface area contributed by atoms with Gasteiger partial charge in [0.05, 0.1) is 12.7 Å². The number of aryl methyl sites for hydroxylation is 2. The van der Waals surface area contributed by atoms with Crippen LogP contribution in [0.4, 0.5) is 13.2 Å². The van der Waals surface area contributed by atoms with Crippen LogP contribution >= 0.6 is 0 Å². The molecule has 0 aliphatic rings. The topological polar surface area (TPSA) is 111 Å². The number of rotatable bonds is 12. The molecule has 1 aromatic heterocycles. The average Bonchev–Trinajstić information content (AvgIpc) is 3.47. The maximum Gasteiger partial charge on any atom is 0.416 e. The SMILES string of the molecule is COC(=O)[C@H](Cc1ccc(-c2ccccc2)cc1)N(CCNS(=O)(=O)c1cn(C)c(C)n1)C(=O)c1ccc(-c2ccc(C(F)(F)F)cc2)cc1. The summed E-state index contributed by atoms with van der Waals surface area (Å²) in [6.45, 7) is 1.22. The van der Waals surface area contributed by atoms with E-state index in [-0.39, 0.29) is 30.1 Å². The van der Waals surface area contributed by atoms with Gasteiger partial charge in [0.2, 0.25) is 0 Å². The van der Waals surface area contributed by atoms with Crippen molar-refractivity contribution >= 4 is 21.9 Å². The summed E-state index contributed by atoms with van der Waals surface area (Å²) in [6.07, 6.45) is -3.03. The molecule has 1 heterocycles. The van der Waals surface area contributed by atoms with Gasteiger partial charge in [-0.15, -0.1) is 0 Å². The molecule has 13 heteroatoms. The summed E-state index contributed by atoms with van der Waals surface area (Å²) in [4.78, 5) is 32.7. The molecule has 5 aromatic rings. The molecule has 1 amide bonds. The number of hydrogen-bond donors (Lipinski definition) is 1. The van der Waals surface area contributed by atoms with Crippen LogP contribution in [0.3, 0.4) is 0 Å². The molecule has 0 fully saturated rings. The van der Waals surface area contributed by atoms with Crippen molar-refractivity contribution in [3.8, 4) is 22.3 Å². The van der Waals surface area contributed by atoms with Crippen LogP contribution in [0.25, 0.3) is 22.3 Å². The van der Waals surface area contributed by atoms with E-state index >= 15 is 0 Å². The Labute approximate surface area is 288 Å². The largest absolute Gasteiger partial charge is 0.467 e. The molecule has 0 bridgehead atoms. The third kappa shape index (κ3) is 8.47. The predicted octanol–water partition coefficient (Wildman–Crippen LogP) is 6.29. The van der Waals surface area contributed by atoms with E-state index in [1.807, 2.05) is 54.6 Å². The molecule has 0 spiro atoms. The van der Waals surface area contributed by atoms with E-state index in [0.717, 1.165) is 28.8 Å². The Kier molecular flexibility index (Phi) is 10.9. The van der Waals surface area contributed by atoms with Crippen LogP contribution in [0.15, 0.2) is 114 Å². The number of halogens is 3. The first-order valence-corrected chi connectivity index (χ1v) is 17.1. The minimum atomic E-state index is -4.47. The number of ether oxygens (including phenoxy) is 1. The second kappa shape index (κ2) is 15.1. The van der Waals surface area contributed by atoms with Crippen LogP contribution in [0.1, 0.15) is 27.3 Å². The van der Waals surface area contributed by atoms with Gasteiger partial charge in [-0.2, -0.15) is 13.2 Å². The van der Waals surface area contributed by atoms with Crippen molar-refractivity contribution in [1.82, 2.24) is 19.2 Å². The molecule has 260 valence electrons. The molecule has 0 unspecified atom stereocenters. The van der Waals surface area contributed by atoms with Crippen molar-refractivity contribution in [3.05, 3.63) is 132 Å². The van der Waals surface area contributed by atoms with Crippen molar-refractivity contribution in [2.24, 2.45) is 7.05 Å². The molecule has 1 N–H and O–H groups in total. The number of aromatic nitrogens is 2. The molecular weight excluding hydrogens is 669 g/mol. The summed E-state index contributed by atoms with van der Waals surface area (Å²) in [5, 5.41) is -0.183. The normalized spacial score (nSPS) is 12.4. The smallest absolute Gasteiger partial charge is 0.416 e. The van der Waals surface area contributed by atoms with Gasteiger partial charge in [-0.3, -0.25) is 4.79 Å². The van der Waals surface area contributed by atoms with Gasteiger partial charge in [0.15, 0.2) is 5.03 Å². The summed E-state index contributed by atoms with van der Waals surface area (Å²) in [6, 6.07) is 27.0. The Hall–Kier alpha value is -5.27. The monoisotopic (exact) mass is 704 g/mol. The molecule has 0 saturated heterocycles. The molecule has 5 rings (SSSR count). The molecular formula is C37H35F3N4O5S. The van der Waals surface area contributed by atoms with Gasteiger partial charge in [0, 0.05) is 38.3 Å². The zero-order valence-corrected chi connectivity index (χ0v) is 28.3. The number of benzene rings is 4. The second-order valence-corrected chi connectivity index (χ2v) is 13.3. The van der Waals surface area contributed by atoms with Crippen LogP contribution in [0.5, 0.6) is 0 Å². The Morgan fingerprint density at radius 3 is 1.92 bits per heavy atom. The number of alkyl halides is 3. The zero-order chi connectivity index (χ0) is 36.1. The van der Waals surface area contributed by atoms with Crippen LogP contribution in [0.2, 0.25) is 0 Å². The second-order valence-electron chi connectivity index (χ2n) is 11.6. The first-order valence-electron chi connectivity index (χ1n) is 15.6. The summed E-state index contributed by atoms with van der Waals surface area (Å²) >= 11 is 0. The van der Waals surface area contributed by atoms with E-state index in [1.54, 1.807) is 30.7 Å². The van der Waals surface area contributed by atoms with Crippen molar-refractivity contribution in [1.29, 1.82) is 0 Å². The van der Waals surface area contributed by atoms with Crippen molar-refractivity contribution in [2.75, 3.05) is 20.2 Å². The lowest BCUT2D eigenvalue weighted by atomic mass is 9.99. The average molecular weight is 705 g/mol. The van der Waals surface area contributed by atoms with Gasteiger partial charge >= 0.3 is 12.1 Å². The first-order chi connectivity index (χ1) is 23.8. The quantitative estimate of drug-likeness (QED) is 0.153. The number of esters is 1. The van der Waals surface area contributed by atoms with E-state index < -0.39 is 39.7 Å². The summed E-state index contributed by atoms with van der Waals surface area (Å²) in [5.41, 5.74) is 3.20. The van der Waals surface area contributed by atoms with Crippen LogP contribution in [0, 0.1) is 6.92 Å². The Balaban J connectivity index is 1.42. The van der Waals surface area contributed by atoms with Crippen LogP contribution in [-0.4, -0.2) is 61.0 Å². The van der Waals surface area contributed by atoms with Gasteiger partial charge in [-0.1, -0.05) is 78.9 Å². The van der Waals surface area contributed by atoms with E-state index in [2.05, 4.69) is 9.71 Å². The molecule has 0 aliphatic heterocycles. The van der Waals surface area contributed by atoms with E-state index in [4.69, 9.17) is 4.74 Å². The molecule has 4 aromatic carbocycles. The number of carbonyl (C=O) groups excluding carboxylic acids is 2. The molecule has 9 nitrogen and oxygen atoms in total. The highest BCUT2D eigenvalue weighted by atomic mass is 32.2. The van der Waals surface area contributed by atoms with Gasteiger partial charge in [0.1, 0.15) is 11.9 Å². The van der Waals surface area contributed by atoms with Crippen molar-refractivity contribution < 1.29 is 35.9 Å². The molecule has 0 saturated carbocycles. The number of nitrogens with one attached hydrogen (secondary N) is 1. The van der Waals surface area contributed by atoms with Gasteiger partial charge in [0.25, 0.3) is 15.9 Å². The first kappa shape index (κ1) is 36.0. The maximum atomic E-state index is 14.1. The fourth-order valence-electron chi connectivity index (χ4n) is 5.40. The number of carbonyl (C=O) groups is 2. The number of imidazole rings is 1. The number of methoxy groups -OCH3 is 1. The van der Waals surface area contributed by atoms with E-state index in [1.165, 1.54) is 42.5 Å². The molecule has 50 heavy (non-hydrogen) atoms. The third-order valence-electron chi connectivity index (χ3n) is 8.28. The molecule has 0 radical (unpaired) electrons. The minimum absolute atomic E-state index is 0.0727. The van der Waals surface area contributed by atoms with E-state index in [9.17, 15) is 31.2 Å². The predicted molar refractivity (Wildman–Crippen MR) is 182 cm³/mol. The standard InChI is InChI=1S/C37H35F3N4O5S/c1-25-42-34(24-43(25)2)50(47,48)41-21-22-44(33(36(46)49-3)23-26-9-11-28(12-10-26)27-7-5-4-6-8-27)35(45)31-15-13-29(14-16-31)30-17-19-32(20-18-30)37(38,39)40/h4-20,24,33,41H,21-23H2,1-3H3/t33-/m0/s1. The number of nitrogens with zero attached hydrogens (tertiary/aromatic N) is 3. The molecule has 0 aliphatic carbocycles. The maximum absolute atomic E-state index is 14.1. The third-order valence-corrected chi connectivity index (χ3v) is 9.62. The lowest BCUT2D eigenvalue weighted by molar-refractivity contribution is -0.146. The van der Waals surface area contributed by atoms with Gasteiger partial charge in [-0.25, -0.2) is 22.9 Å². The van der Waals surface area contributed by atoms with Gasteiger partial charge in [-0.05, 0) is 59.0 Å². The van der Waals surface area contributed by atoms with Gasteiger partial charge < -0.3 is 14.2 Å². The summed E-state index contributed by atoms with van der Waals surface area (Å²) in [5.74, 6) is -0.783. The Morgan fingerprint density at radius 2 is 1.40 bits per heavy atom. The summed E-state index contributed by atoms with van der Waals surface area (Å²) < 4.78 is 74.4. The zero-order valence-electron chi connectivity index (χ0n) is 27.5. The number of sulfonamides is 1. The Morgan fingerprint density at radius 1 is 0.860 bits per heavy atom. The minimum Gasteiger partial charge on any atom is -0.467 e. The van der Waals surface area contributed by atoms with Crippen LogP contribution in [-0.2, 0) is 39.2 Å². The van der Waals surface area contributed by atoms with Crippen LogP contribution < -0.4 is 4.72 Å². The Bertz CT molecular complexity index is 2030. The molecule has 1 atom stereocenters. The highest BCUT2D eigenvalue weighted by Crippen LogP contribution is 2.31. The number of amides is 1. The number of hydrogen-bond acceptors (Lipinski definition) is 6.